The summed E-state index contributed by atoms with van der Waals surface area (Å²) < 4.78 is 0. The minimum atomic E-state index is -0.357. The van der Waals surface area contributed by atoms with Crippen molar-refractivity contribution in [2.45, 2.75) is 18.5 Å². The van der Waals surface area contributed by atoms with E-state index >= 15 is 0 Å². The maximum absolute atomic E-state index is 12.6. The summed E-state index contributed by atoms with van der Waals surface area (Å²) in [6, 6.07) is 9.28. The molecule has 4 nitrogen and oxygen atoms in total. The lowest BCUT2D eigenvalue weighted by molar-refractivity contribution is -0.159. The van der Waals surface area contributed by atoms with Crippen LogP contribution in [-0.4, -0.2) is 58.8 Å². The maximum atomic E-state index is 12.6. The van der Waals surface area contributed by atoms with Crippen LogP contribution in [-0.2, 0) is 16.0 Å². The number of fused-ring (bicyclic) bond motifs is 1. The van der Waals surface area contributed by atoms with Crippen LogP contribution in [0, 0.1) is 0 Å². The Balaban J connectivity index is 1.83. The zero-order chi connectivity index (χ0) is 14.1. The normalized spacial score (nSPS) is 26.6. The van der Waals surface area contributed by atoms with Gasteiger partial charge in [0.2, 0.25) is 11.8 Å². The van der Waals surface area contributed by atoms with E-state index in [4.69, 9.17) is 0 Å². The Kier molecular flexibility index (Phi) is 3.70. The van der Waals surface area contributed by atoms with Crippen molar-refractivity contribution in [1.29, 1.82) is 0 Å². The summed E-state index contributed by atoms with van der Waals surface area (Å²) in [5, 5.41) is 0. The number of benzene rings is 1. The molecule has 0 aromatic heterocycles. The molecule has 0 N–H and O–H groups in total. The minimum Gasteiger partial charge on any atom is -0.332 e. The Morgan fingerprint density at radius 3 is 2.70 bits per heavy atom. The quantitative estimate of drug-likeness (QED) is 0.816. The topological polar surface area (TPSA) is 40.6 Å². The van der Waals surface area contributed by atoms with Gasteiger partial charge in [-0.1, -0.05) is 30.3 Å². The molecule has 5 heteroatoms. The number of carbonyl (C=O) groups excluding carboxylic acids is 2. The highest BCUT2D eigenvalue weighted by atomic mass is 32.2. The number of piperazine rings is 1. The van der Waals surface area contributed by atoms with Gasteiger partial charge in [-0.15, -0.1) is 0 Å². The van der Waals surface area contributed by atoms with Gasteiger partial charge in [0.25, 0.3) is 0 Å². The van der Waals surface area contributed by atoms with Crippen molar-refractivity contribution in [1.82, 2.24) is 9.80 Å². The summed E-state index contributed by atoms with van der Waals surface area (Å²) in [5.74, 6) is 1.84. The lowest BCUT2D eigenvalue weighted by Gasteiger charge is -2.45. The zero-order valence-corrected chi connectivity index (χ0v) is 12.3. The van der Waals surface area contributed by atoms with E-state index in [2.05, 4.69) is 0 Å². The van der Waals surface area contributed by atoms with Crippen LogP contribution in [0.25, 0.3) is 0 Å². The molecule has 3 rings (SSSR count). The van der Waals surface area contributed by atoms with Crippen molar-refractivity contribution in [3.63, 3.8) is 0 Å². The fourth-order valence-electron chi connectivity index (χ4n) is 2.88. The molecule has 0 unspecified atom stereocenters. The van der Waals surface area contributed by atoms with Gasteiger partial charge in [-0.25, -0.2) is 0 Å². The van der Waals surface area contributed by atoms with Crippen LogP contribution < -0.4 is 0 Å². The standard InChI is InChI=1S/C15H18N2O2S/c1-16-12(9-11-5-3-2-4-6-11)15(19)17-7-8-20-10-13(17)14(16)18/h2-6,12-13H,7-10H2,1H3/t12-,13-/m0/s1. The van der Waals surface area contributed by atoms with Crippen LogP contribution in [0.15, 0.2) is 30.3 Å². The van der Waals surface area contributed by atoms with Crippen molar-refractivity contribution in [2.24, 2.45) is 0 Å². The summed E-state index contributed by atoms with van der Waals surface area (Å²) >= 11 is 1.75. The smallest absolute Gasteiger partial charge is 0.246 e. The Hall–Kier alpha value is -1.49. The Labute approximate surface area is 123 Å². The summed E-state index contributed by atoms with van der Waals surface area (Å²) in [4.78, 5) is 28.5. The average Bonchev–Trinajstić information content (AvgIpc) is 2.50. The molecule has 0 aliphatic carbocycles. The highest BCUT2D eigenvalue weighted by Gasteiger charge is 2.45. The highest BCUT2D eigenvalue weighted by molar-refractivity contribution is 7.99. The first kappa shape index (κ1) is 13.5. The molecular formula is C15H18N2O2S. The molecule has 2 fully saturated rings. The predicted molar refractivity (Wildman–Crippen MR) is 79.5 cm³/mol. The van der Waals surface area contributed by atoms with Crippen molar-refractivity contribution in [2.75, 3.05) is 25.1 Å². The molecule has 0 radical (unpaired) electrons. The number of carbonyl (C=O) groups is 2. The van der Waals surface area contributed by atoms with E-state index in [1.807, 2.05) is 30.3 Å². The van der Waals surface area contributed by atoms with Crippen LogP contribution >= 0.6 is 11.8 Å². The second-order valence-electron chi connectivity index (χ2n) is 5.28. The van der Waals surface area contributed by atoms with Gasteiger partial charge in [-0.3, -0.25) is 9.59 Å². The van der Waals surface area contributed by atoms with E-state index in [0.29, 0.717) is 13.0 Å². The molecular weight excluding hydrogens is 272 g/mol. The Morgan fingerprint density at radius 1 is 1.20 bits per heavy atom. The molecule has 2 saturated heterocycles. The molecule has 2 atom stereocenters. The summed E-state index contributed by atoms with van der Waals surface area (Å²) in [5.41, 5.74) is 1.09. The van der Waals surface area contributed by atoms with Crippen molar-refractivity contribution in [3.8, 4) is 0 Å². The first-order chi connectivity index (χ1) is 9.68. The lowest BCUT2D eigenvalue weighted by atomic mass is 9.99. The second-order valence-corrected chi connectivity index (χ2v) is 6.43. The maximum Gasteiger partial charge on any atom is 0.246 e. The van der Waals surface area contributed by atoms with Crippen LogP contribution in [0.1, 0.15) is 5.56 Å². The number of rotatable bonds is 2. The van der Waals surface area contributed by atoms with Gasteiger partial charge < -0.3 is 9.80 Å². The lowest BCUT2D eigenvalue weighted by Crippen LogP contribution is -2.66. The number of amides is 2. The van der Waals surface area contributed by atoms with Crippen LogP contribution in [0.5, 0.6) is 0 Å². The molecule has 1 aromatic carbocycles. The van der Waals surface area contributed by atoms with Gasteiger partial charge in [0.15, 0.2) is 0 Å². The number of thioether (sulfide) groups is 1. The van der Waals surface area contributed by atoms with Crippen molar-refractivity contribution < 1.29 is 9.59 Å². The SMILES string of the molecule is CN1C(=O)[C@@H]2CSCCN2C(=O)[C@@H]1Cc1ccccc1. The van der Waals surface area contributed by atoms with E-state index in [1.54, 1.807) is 28.6 Å². The van der Waals surface area contributed by atoms with Crippen LogP contribution in [0.2, 0.25) is 0 Å². The summed E-state index contributed by atoms with van der Waals surface area (Å²) in [6.07, 6.45) is 0.596. The predicted octanol–water partition coefficient (Wildman–Crippen LogP) is 1.01. The van der Waals surface area contributed by atoms with Crippen LogP contribution in [0.4, 0.5) is 0 Å². The van der Waals surface area contributed by atoms with Gasteiger partial charge in [-0.05, 0) is 5.56 Å². The zero-order valence-electron chi connectivity index (χ0n) is 11.5. The van der Waals surface area contributed by atoms with Gasteiger partial charge in [0, 0.05) is 31.5 Å². The number of nitrogens with zero attached hydrogens (tertiary/aromatic N) is 2. The van der Waals surface area contributed by atoms with Gasteiger partial charge >= 0.3 is 0 Å². The molecule has 2 amide bonds. The van der Waals surface area contributed by atoms with Crippen LogP contribution in [0.3, 0.4) is 0 Å². The minimum absolute atomic E-state index is 0.0812. The third-order valence-corrected chi connectivity index (χ3v) is 5.09. The Bertz CT molecular complexity index is 520. The number of hydrogen-bond acceptors (Lipinski definition) is 3. The fraction of sp³-hybridized carbons (Fsp3) is 0.467. The molecule has 0 bridgehead atoms. The molecule has 0 spiro atoms. The second kappa shape index (κ2) is 5.48. The van der Waals surface area contributed by atoms with Gasteiger partial charge in [-0.2, -0.15) is 11.8 Å². The van der Waals surface area contributed by atoms with E-state index in [1.165, 1.54) is 0 Å². The van der Waals surface area contributed by atoms with E-state index in [9.17, 15) is 9.59 Å². The average molecular weight is 290 g/mol. The molecule has 2 heterocycles. The third kappa shape index (κ3) is 2.30. The van der Waals surface area contributed by atoms with Crippen molar-refractivity contribution in [3.05, 3.63) is 35.9 Å². The summed E-state index contributed by atoms with van der Waals surface area (Å²) in [6.45, 7) is 0.693. The van der Waals surface area contributed by atoms with E-state index < -0.39 is 0 Å². The highest BCUT2D eigenvalue weighted by Crippen LogP contribution is 2.26. The molecule has 106 valence electrons. The van der Waals surface area contributed by atoms with E-state index in [0.717, 1.165) is 17.1 Å². The molecule has 20 heavy (non-hydrogen) atoms. The fourth-order valence-corrected chi connectivity index (χ4v) is 3.92. The van der Waals surface area contributed by atoms with Crippen molar-refractivity contribution >= 4 is 23.6 Å². The molecule has 2 aliphatic heterocycles. The first-order valence-electron chi connectivity index (χ1n) is 6.87. The number of hydrogen-bond donors (Lipinski definition) is 0. The first-order valence-corrected chi connectivity index (χ1v) is 8.03. The summed E-state index contributed by atoms with van der Waals surface area (Å²) in [7, 11) is 1.75. The molecule has 1 aromatic rings. The molecule has 2 aliphatic rings. The Morgan fingerprint density at radius 2 is 1.95 bits per heavy atom. The monoisotopic (exact) mass is 290 g/mol. The van der Waals surface area contributed by atoms with Gasteiger partial charge in [0.1, 0.15) is 12.1 Å². The molecule has 0 saturated carbocycles. The third-order valence-electron chi connectivity index (χ3n) is 4.07. The van der Waals surface area contributed by atoms with E-state index in [-0.39, 0.29) is 23.9 Å². The van der Waals surface area contributed by atoms with Gasteiger partial charge in [0.05, 0.1) is 0 Å². The number of likely N-dealkylation sites (N-methyl/N-ethyl adjacent to an activating group) is 1. The largest absolute Gasteiger partial charge is 0.332 e.